The van der Waals surface area contributed by atoms with Crippen LogP contribution in [-0.4, -0.2) is 4.98 Å². The highest BCUT2D eigenvalue weighted by molar-refractivity contribution is 5.59. The molecule has 1 aliphatic carbocycles. The number of nitrogens with zero attached hydrogens (tertiary/aromatic N) is 1. The van der Waals surface area contributed by atoms with Gasteiger partial charge in [-0.2, -0.15) is 0 Å². The summed E-state index contributed by atoms with van der Waals surface area (Å²) in [5.74, 6) is 0. The Morgan fingerprint density at radius 2 is 1.83 bits per heavy atom. The molecule has 2 rings (SSSR count). The number of hydrogen-bond acceptors (Lipinski definition) is 1. The quantitative estimate of drug-likeness (QED) is 0.711. The summed E-state index contributed by atoms with van der Waals surface area (Å²) in [7, 11) is 0. The summed E-state index contributed by atoms with van der Waals surface area (Å²) in [6.45, 7) is 6.60. The maximum absolute atomic E-state index is 4.32. The van der Waals surface area contributed by atoms with E-state index < -0.39 is 0 Å². The van der Waals surface area contributed by atoms with E-state index in [1.165, 1.54) is 61.6 Å². The van der Waals surface area contributed by atoms with Gasteiger partial charge in [0.1, 0.15) is 0 Å². The number of rotatable bonds is 4. The summed E-state index contributed by atoms with van der Waals surface area (Å²) < 4.78 is 0. The van der Waals surface area contributed by atoms with Gasteiger partial charge in [0.25, 0.3) is 0 Å². The van der Waals surface area contributed by atoms with Gasteiger partial charge >= 0.3 is 0 Å². The van der Waals surface area contributed by atoms with Gasteiger partial charge in [0.05, 0.1) is 0 Å². The molecule has 0 radical (unpaired) electrons. The molecule has 0 fully saturated rings. The standard InChI is InChI=1S/C13H17N.C4H10/c1-2-3-6-11-9-14-10-12-7-4-5-8-13(11)12;1-3-4-2/h5,8-10H,2-4,6-7H2,1H3;3-4H2,1-2H3. The number of aromatic nitrogens is 1. The van der Waals surface area contributed by atoms with Gasteiger partial charge in [-0.05, 0) is 42.4 Å². The fourth-order valence-corrected chi connectivity index (χ4v) is 1.98. The molecule has 0 amide bonds. The first-order valence-electron chi connectivity index (χ1n) is 7.45. The van der Waals surface area contributed by atoms with Crippen LogP contribution < -0.4 is 0 Å². The molecule has 0 saturated heterocycles. The molecular weight excluding hydrogens is 218 g/mol. The van der Waals surface area contributed by atoms with Gasteiger partial charge in [-0.25, -0.2) is 0 Å². The van der Waals surface area contributed by atoms with Crippen LogP contribution in [0.1, 0.15) is 69.6 Å². The van der Waals surface area contributed by atoms with Gasteiger partial charge in [0.15, 0.2) is 0 Å². The van der Waals surface area contributed by atoms with Crippen molar-refractivity contribution >= 4 is 6.08 Å². The van der Waals surface area contributed by atoms with E-state index in [2.05, 4.69) is 37.9 Å². The van der Waals surface area contributed by atoms with E-state index in [-0.39, 0.29) is 0 Å². The zero-order valence-electron chi connectivity index (χ0n) is 12.2. The van der Waals surface area contributed by atoms with E-state index in [0.29, 0.717) is 0 Å². The zero-order chi connectivity index (χ0) is 13.2. The topological polar surface area (TPSA) is 12.9 Å². The third-order valence-corrected chi connectivity index (χ3v) is 3.32. The SMILES string of the molecule is CCCC.CCCCc1cncc2c1C=CCC2. The molecular formula is C17H27N. The lowest BCUT2D eigenvalue weighted by atomic mass is 9.94. The van der Waals surface area contributed by atoms with E-state index in [4.69, 9.17) is 0 Å². The Morgan fingerprint density at radius 3 is 2.50 bits per heavy atom. The predicted octanol–water partition coefficient (Wildman–Crippen LogP) is 5.19. The molecule has 0 N–H and O–H groups in total. The molecule has 0 aromatic carbocycles. The third-order valence-electron chi connectivity index (χ3n) is 3.32. The Morgan fingerprint density at radius 1 is 1.06 bits per heavy atom. The van der Waals surface area contributed by atoms with Crippen LogP contribution in [0.15, 0.2) is 18.5 Å². The van der Waals surface area contributed by atoms with Crippen molar-refractivity contribution in [3.05, 3.63) is 35.2 Å². The third kappa shape index (κ3) is 4.64. The second kappa shape index (κ2) is 8.91. The van der Waals surface area contributed by atoms with Crippen molar-refractivity contribution in [1.82, 2.24) is 4.98 Å². The fourth-order valence-electron chi connectivity index (χ4n) is 1.98. The molecule has 1 nitrogen and oxygen atoms in total. The Bertz CT molecular complexity index is 364. The van der Waals surface area contributed by atoms with Crippen LogP contribution in [0, 0.1) is 0 Å². The average Bonchev–Trinajstić information content (AvgIpc) is 2.45. The van der Waals surface area contributed by atoms with E-state index in [1.807, 2.05) is 12.4 Å². The molecule has 0 unspecified atom stereocenters. The minimum atomic E-state index is 1.17. The Kier molecular flexibility index (Phi) is 7.40. The molecule has 18 heavy (non-hydrogen) atoms. The van der Waals surface area contributed by atoms with Crippen molar-refractivity contribution in [1.29, 1.82) is 0 Å². The smallest absolute Gasteiger partial charge is 0.0306 e. The summed E-state index contributed by atoms with van der Waals surface area (Å²) in [4.78, 5) is 4.32. The lowest BCUT2D eigenvalue weighted by Crippen LogP contribution is -2.00. The van der Waals surface area contributed by atoms with E-state index in [9.17, 15) is 0 Å². The molecule has 0 spiro atoms. The summed E-state index contributed by atoms with van der Waals surface area (Å²) in [6.07, 6.45) is 17.3. The van der Waals surface area contributed by atoms with E-state index >= 15 is 0 Å². The zero-order valence-corrected chi connectivity index (χ0v) is 12.2. The normalized spacial score (nSPS) is 12.6. The Balaban J connectivity index is 0.000000357. The number of allylic oxidation sites excluding steroid dienone is 1. The van der Waals surface area contributed by atoms with Gasteiger partial charge in [0, 0.05) is 12.4 Å². The minimum Gasteiger partial charge on any atom is -0.264 e. The molecule has 0 aliphatic heterocycles. The van der Waals surface area contributed by atoms with Crippen LogP contribution in [0.2, 0.25) is 0 Å². The van der Waals surface area contributed by atoms with Crippen molar-refractivity contribution in [2.24, 2.45) is 0 Å². The maximum atomic E-state index is 4.32. The molecule has 100 valence electrons. The molecule has 1 aromatic heterocycles. The first kappa shape index (κ1) is 14.9. The molecule has 1 heteroatoms. The largest absolute Gasteiger partial charge is 0.264 e. The molecule has 0 atom stereocenters. The first-order chi connectivity index (χ1) is 8.83. The monoisotopic (exact) mass is 245 g/mol. The number of hydrogen-bond donors (Lipinski definition) is 0. The van der Waals surface area contributed by atoms with Crippen molar-refractivity contribution < 1.29 is 0 Å². The number of unbranched alkanes of at least 4 members (excludes halogenated alkanes) is 2. The van der Waals surface area contributed by atoms with Crippen LogP contribution >= 0.6 is 0 Å². The Labute approximate surface area is 112 Å². The Hall–Kier alpha value is -1.11. The number of pyridine rings is 1. The molecule has 0 bridgehead atoms. The first-order valence-corrected chi connectivity index (χ1v) is 7.45. The fraction of sp³-hybridized carbons (Fsp3) is 0.588. The van der Waals surface area contributed by atoms with Gasteiger partial charge in [-0.15, -0.1) is 0 Å². The van der Waals surface area contributed by atoms with Gasteiger partial charge in [0.2, 0.25) is 0 Å². The van der Waals surface area contributed by atoms with Crippen molar-refractivity contribution in [3.63, 3.8) is 0 Å². The van der Waals surface area contributed by atoms with Gasteiger partial charge in [-0.1, -0.05) is 52.2 Å². The van der Waals surface area contributed by atoms with E-state index in [1.54, 1.807) is 0 Å². The van der Waals surface area contributed by atoms with Crippen molar-refractivity contribution in [2.45, 2.75) is 65.7 Å². The highest BCUT2D eigenvalue weighted by Crippen LogP contribution is 2.22. The van der Waals surface area contributed by atoms with Crippen molar-refractivity contribution in [2.75, 3.05) is 0 Å². The summed E-state index contributed by atoms with van der Waals surface area (Å²) in [5, 5.41) is 0. The van der Waals surface area contributed by atoms with Gasteiger partial charge in [-0.3, -0.25) is 4.98 Å². The summed E-state index contributed by atoms with van der Waals surface area (Å²) in [5.41, 5.74) is 4.31. The van der Waals surface area contributed by atoms with Crippen LogP contribution in [0.5, 0.6) is 0 Å². The highest BCUT2D eigenvalue weighted by atomic mass is 14.6. The summed E-state index contributed by atoms with van der Waals surface area (Å²) >= 11 is 0. The summed E-state index contributed by atoms with van der Waals surface area (Å²) in [6, 6.07) is 0. The molecule has 1 heterocycles. The van der Waals surface area contributed by atoms with Crippen LogP contribution in [0.4, 0.5) is 0 Å². The average molecular weight is 245 g/mol. The second-order valence-electron chi connectivity index (χ2n) is 4.92. The predicted molar refractivity (Wildman–Crippen MR) is 80.8 cm³/mol. The number of aryl methyl sites for hydroxylation is 2. The lowest BCUT2D eigenvalue weighted by molar-refractivity contribution is 0.787. The second-order valence-corrected chi connectivity index (χ2v) is 4.92. The van der Waals surface area contributed by atoms with Crippen LogP contribution in [0.3, 0.4) is 0 Å². The minimum absolute atomic E-state index is 1.17. The molecule has 1 aliphatic rings. The maximum Gasteiger partial charge on any atom is 0.0306 e. The molecule has 0 saturated carbocycles. The van der Waals surface area contributed by atoms with Crippen LogP contribution in [-0.2, 0) is 12.8 Å². The highest BCUT2D eigenvalue weighted by Gasteiger charge is 2.08. The van der Waals surface area contributed by atoms with E-state index in [0.717, 1.165) is 0 Å². The lowest BCUT2D eigenvalue weighted by Gasteiger charge is -2.13. The van der Waals surface area contributed by atoms with Crippen molar-refractivity contribution in [3.8, 4) is 0 Å². The van der Waals surface area contributed by atoms with Crippen LogP contribution in [0.25, 0.3) is 6.08 Å². The molecule has 1 aromatic rings. The van der Waals surface area contributed by atoms with Gasteiger partial charge < -0.3 is 0 Å². The number of fused-ring (bicyclic) bond motifs is 1.